The summed E-state index contributed by atoms with van der Waals surface area (Å²) in [6.07, 6.45) is 11.5. The molecule has 242 valence electrons. The van der Waals surface area contributed by atoms with Crippen molar-refractivity contribution in [1.82, 2.24) is 4.90 Å². The minimum Gasteiger partial charge on any atom is -0.507 e. The lowest BCUT2D eigenvalue weighted by Crippen LogP contribution is -2.06. The number of hydrogen-bond donors (Lipinski definition) is 4. The van der Waals surface area contributed by atoms with Gasteiger partial charge in [0.2, 0.25) is 6.41 Å². The maximum Gasteiger partial charge on any atom is 0.209 e. The number of Topliss-reactive ketones (excluding diaryl/α,β-unsaturated/α-hetero) is 2. The molecule has 10 heteroatoms. The molecule has 0 fully saturated rings. The van der Waals surface area contributed by atoms with Crippen molar-refractivity contribution in [3.63, 3.8) is 0 Å². The number of benzene rings is 2. The van der Waals surface area contributed by atoms with Crippen molar-refractivity contribution >= 4 is 28.8 Å². The Labute approximate surface area is 256 Å². The monoisotopic (exact) mass is 613 g/mol. The molecule has 0 radical (unpaired) electrons. The van der Waals surface area contributed by atoms with Crippen molar-refractivity contribution < 1.29 is 39.0 Å². The van der Waals surface area contributed by atoms with Crippen molar-refractivity contribution in [3.8, 4) is 5.75 Å². The number of phenolic OH excluding ortho intramolecular Hbond substituents is 1. The van der Waals surface area contributed by atoms with Crippen LogP contribution in [-0.4, -0.2) is 93.9 Å². The number of amides is 1. The highest BCUT2D eigenvalue weighted by molar-refractivity contribution is 7.83. The van der Waals surface area contributed by atoms with E-state index in [1.165, 1.54) is 55.6 Å². The molecule has 0 saturated heterocycles. The molecule has 2 aromatic carbocycles. The predicted molar refractivity (Wildman–Crippen MR) is 174 cm³/mol. The number of phenols is 1. The second-order valence-corrected chi connectivity index (χ2v) is 10.7. The molecule has 9 nitrogen and oxygen atoms in total. The van der Waals surface area contributed by atoms with Gasteiger partial charge in [-0.05, 0) is 39.3 Å². The highest BCUT2D eigenvalue weighted by Crippen LogP contribution is 2.15. The first kappa shape index (κ1) is 46.0. The Morgan fingerprint density at radius 1 is 0.786 bits per heavy atom. The average molecular weight is 614 g/mol. The minimum absolute atomic E-state index is 0.0509. The zero-order valence-electron chi connectivity index (χ0n) is 26.8. The fourth-order valence-corrected chi connectivity index (χ4v) is 2.45. The van der Waals surface area contributed by atoms with Gasteiger partial charge in [-0.25, -0.2) is 0 Å². The summed E-state index contributed by atoms with van der Waals surface area (Å²) in [5.41, 5.74) is 2.35. The van der Waals surface area contributed by atoms with Crippen molar-refractivity contribution in [1.29, 1.82) is 0 Å². The number of unbranched alkanes of at least 4 members (excludes halogenated alkanes) is 5. The van der Waals surface area contributed by atoms with Crippen LogP contribution in [0.5, 0.6) is 5.75 Å². The second kappa shape index (κ2) is 34.3. The number of aliphatic hydroxyl groups excluding tert-OH is 3. The zero-order valence-corrected chi connectivity index (χ0v) is 27.7. The summed E-state index contributed by atoms with van der Waals surface area (Å²) >= 11 is 0. The summed E-state index contributed by atoms with van der Waals surface area (Å²) in [6.45, 7) is 7.34. The Kier molecular flexibility index (Phi) is 37.6. The van der Waals surface area contributed by atoms with Crippen LogP contribution in [0.4, 0.5) is 0 Å². The third-order valence-corrected chi connectivity index (χ3v) is 4.56. The van der Waals surface area contributed by atoms with E-state index in [-0.39, 0.29) is 30.5 Å². The number of rotatable bonds is 10. The van der Waals surface area contributed by atoms with Crippen LogP contribution in [0.1, 0.15) is 85.6 Å². The van der Waals surface area contributed by atoms with Gasteiger partial charge in [0.05, 0.1) is 18.8 Å². The van der Waals surface area contributed by atoms with E-state index in [9.17, 15) is 18.6 Å². The predicted octanol–water partition coefficient (Wildman–Crippen LogP) is 4.80. The van der Waals surface area contributed by atoms with E-state index in [4.69, 9.17) is 20.4 Å². The topological polar surface area (TPSA) is 152 Å². The number of aliphatic hydroxyl groups is 3. The highest BCUT2D eigenvalue weighted by atomic mass is 32.2. The van der Waals surface area contributed by atoms with Crippen LogP contribution in [0.2, 0.25) is 0 Å². The van der Waals surface area contributed by atoms with E-state index in [1.54, 1.807) is 51.7 Å². The lowest BCUT2D eigenvalue weighted by molar-refractivity contribution is -0.115. The molecule has 0 aliphatic heterocycles. The number of nitrogens with zero attached hydrogens (tertiary/aromatic N) is 1. The molecule has 0 aliphatic carbocycles. The first-order valence-corrected chi connectivity index (χ1v) is 15.8. The van der Waals surface area contributed by atoms with Crippen molar-refractivity contribution in [2.24, 2.45) is 0 Å². The van der Waals surface area contributed by atoms with E-state index in [0.717, 1.165) is 18.4 Å². The number of carbonyl (C=O) groups excluding carboxylic acids is 3. The van der Waals surface area contributed by atoms with Crippen LogP contribution in [0.3, 0.4) is 0 Å². The van der Waals surface area contributed by atoms with Crippen molar-refractivity contribution in [3.05, 3.63) is 65.2 Å². The SMILES string of the molecule is CC(=O)c1ccc(C)cc1.CC(=O)c1ccccc1O.CCCCCCCCO.CN(C)C=O.CS(C)=O.OCCO. The Morgan fingerprint density at radius 2 is 1.21 bits per heavy atom. The van der Waals surface area contributed by atoms with Crippen LogP contribution in [0.25, 0.3) is 0 Å². The fourth-order valence-electron chi connectivity index (χ4n) is 2.45. The van der Waals surface area contributed by atoms with Gasteiger partial charge in [0, 0.05) is 49.6 Å². The normalized spacial score (nSPS) is 8.95. The van der Waals surface area contributed by atoms with Gasteiger partial charge in [0.1, 0.15) is 5.75 Å². The van der Waals surface area contributed by atoms with E-state index < -0.39 is 10.8 Å². The standard InChI is InChI=1S/C9H10O.C8H8O2.C8H18O.C3H7NO.C2H6O2.C2H6OS/c1-7-3-5-9(6-4-7)8(2)10;1-6(9)7-4-2-3-5-8(7)10;1-2-3-4-5-6-7-8-9;1-4(2)3-5;3-1-2-4;1-4(2)3/h3-6H,1-2H3;2-5,10H,1H3;9H,2-8H2,1H3;3H,1-2H3;3-4H,1-2H2;1-2H3. The maximum absolute atomic E-state index is 10.8. The smallest absolute Gasteiger partial charge is 0.209 e. The second-order valence-electron chi connectivity index (χ2n) is 9.24. The van der Waals surface area contributed by atoms with Gasteiger partial charge in [-0.15, -0.1) is 0 Å². The van der Waals surface area contributed by atoms with Gasteiger partial charge in [0.15, 0.2) is 11.6 Å². The molecule has 0 saturated carbocycles. The molecule has 0 bridgehead atoms. The van der Waals surface area contributed by atoms with Gasteiger partial charge in [-0.2, -0.15) is 0 Å². The van der Waals surface area contributed by atoms with Crippen molar-refractivity contribution in [2.75, 3.05) is 46.4 Å². The van der Waals surface area contributed by atoms with Gasteiger partial charge in [-0.3, -0.25) is 18.6 Å². The molecule has 0 aromatic heterocycles. The molecule has 0 spiro atoms. The molecule has 1 amide bonds. The number of para-hydroxylation sites is 1. The molecule has 0 aliphatic rings. The first-order valence-electron chi connectivity index (χ1n) is 13.8. The molecular formula is C32H55NO8S. The van der Waals surface area contributed by atoms with Crippen molar-refractivity contribution in [2.45, 2.75) is 66.2 Å². The van der Waals surface area contributed by atoms with Gasteiger partial charge < -0.3 is 25.3 Å². The van der Waals surface area contributed by atoms with E-state index >= 15 is 0 Å². The zero-order chi connectivity index (χ0) is 33.3. The Balaban J connectivity index is -0.000000215. The number of aryl methyl sites for hydroxylation is 1. The summed E-state index contributed by atoms with van der Waals surface area (Å²) in [5, 5.41) is 32.7. The van der Waals surface area contributed by atoms with Crippen LogP contribution < -0.4 is 0 Å². The van der Waals surface area contributed by atoms with E-state index in [0.29, 0.717) is 12.2 Å². The van der Waals surface area contributed by atoms with Gasteiger partial charge in [0.25, 0.3) is 0 Å². The van der Waals surface area contributed by atoms with E-state index in [2.05, 4.69) is 6.92 Å². The Bertz CT molecular complexity index is 922. The highest BCUT2D eigenvalue weighted by Gasteiger charge is 2.02. The molecule has 0 unspecified atom stereocenters. The third kappa shape index (κ3) is 39.2. The molecule has 42 heavy (non-hydrogen) atoms. The number of aromatic hydroxyl groups is 1. The Morgan fingerprint density at radius 3 is 1.52 bits per heavy atom. The maximum atomic E-state index is 10.8. The minimum atomic E-state index is -0.611. The summed E-state index contributed by atoms with van der Waals surface area (Å²) in [4.78, 5) is 32.3. The van der Waals surface area contributed by atoms with E-state index in [1.807, 2.05) is 31.2 Å². The molecular weight excluding hydrogens is 558 g/mol. The summed E-state index contributed by atoms with van der Waals surface area (Å²) in [5.74, 6) is 0.0631. The van der Waals surface area contributed by atoms with Crippen LogP contribution in [0.15, 0.2) is 48.5 Å². The number of ketones is 2. The average Bonchev–Trinajstić information content (AvgIpc) is 2.94. The van der Waals surface area contributed by atoms with Crippen LogP contribution >= 0.6 is 0 Å². The van der Waals surface area contributed by atoms with Gasteiger partial charge >= 0.3 is 0 Å². The summed E-state index contributed by atoms with van der Waals surface area (Å²) in [7, 11) is 2.76. The Hall–Kier alpha value is -2.92. The molecule has 2 aromatic rings. The first-order chi connectivity index (χ1) is 19.7. The lowest BCUT2D eigenvalue weighted by atomic mass is 10.1. The fraction of sp³-hybridized carbons (Fsp3) is 0.531. The molecule has 0 atom stereocenters. The van der Waals surface area contributed by atoms with Gasteiger partial charge in [-0.1, -0.05) is 81.0 Å². The molecule has 0 heterocycles. The molecule has 4 N–H and O–H groups in total. The number of hydrogen-bond acceptors (Lipinski definition) is 8. The molecule has 2 rings (SSSR count). The van der Waals surface area contributed by atoms with Crippen LogP contribution in [0, 0.1) is 6.92 Å². The lowest BCUT2D eigenvalue weighted by Gasteiger charge is -1.96. The van der Waals surface area contributed by atoms with Crippen LogP contribution in [-0.2, 0) is 15.6 Å². The third-order valence-electron chi connectivity index (χ3n) is 4.56. The summed E-state index contributed by atoms with van der Waals surface area (Å²) < 4.78 is 9.56. The largest absolute Gasteiger partial charge is 0.507 e. The quantitative estimate of drug-likeness (QED) is 0.169. The summed E-state index contributed by atoms with van der Waals surface area (Å²) in [6, 6.07) is 14.1. The number of carbonyl (C=O) groups is 3.